The van der Waals surface area contributed by atoms with Crippen molar-refractivity contribution in [2.24, 2.45) is 0 Å². The average Bonchev–Trinajstić information content (AvgIpc) is 3.42. The van der Waals surface area contributed by atoms with Crippen molar-refractivity contribution in [2.45, 2.75) is 12.6 Å². The minimum absolute atomic E-state index is 0.0162. The molecule has 0 spiro atoms. The number of ether oxygens (including phenoxy) is 1. The van der Waals surface area contributed by atoms with Gasteiger partial charge in [0.25, 0.3) is 17.7 Å². The molecule has 0 saturated carbocycles. The molecule has 0 unspecified atom stereocenters. The van der Waals surface area contributed by atoms with Gasteiger partial charge in [0.2, 0.25) is 0 Å². The number of anilines is 1. The van der Waals surface area contributed by atoms with Crippen LogP contribution in [-0.2, 0) is 10.9 Å². The Morgan fingerprint density at radius 2 is 1.85 bits per heavy atom. The van der Waals surface area contributed by atoms with Crippen LogP contribution in [0.1, 0.15) is 43.1 Å². The van der Waals surface area contributed by atoms with Crippen LogP contribution in [0.2, 0.25) is 0 Å². The van der Waals surface area contributed by atoms with Gasteiger partial charge in [-0.3, -0.25) is 19.3 Å². The Morgan fingerprint density at radius 1 is 1.09 bits per heavy atom. The molecule has 0 saturated heterocycles. The lowest BCUT2D eigenvalue weighted by Crippen LogP contribution is -2.31. The summed E-state index contributed by atoms with van der Waals surface area (Å²) in [5.74, 6) is -1.75. The maximum atomic E-state index is 13.3. The Kier molecular flexibility index (Phi) is 6.20. The van der Waals surface area contributed by atoms with Crippen LogP contribution in [0, 0.1) is 0 Å². The summed E-state index contributed by atoms with van der Waals surface area (Å²) >= 11 is 0. The fourth-order valence-corrected chi connectivity index (χ4v) is 3.62. The van der Waals surface area contributed by atoms with Crippen LogP contribution in [0.25, 0.3) is 5.69 Å². The first kappa shape index (κ1) is 23.2. The highest BCUT2D eigenvalue weighted by Crippen LogP contribution is 2.33. The monoisotopic (exact) mass is 472 g/mol. The number of hydrogen-bond donors (Lipinski definition) is 1. The Hall–Kier alpha value is -3.99. The van der Waals surface area contributed by atoms with Crippen molar-refractivity contribution < 1.29 is 32.3 Å². The number of amides is 3. The highest BCUT2D eigenvalue weighted by atomic mass is 19.4. The first-order valence-electron chi connectivity index (χ1n) is 10.2. The Morgan fingerprint density at radius 3 is 2.53 bits per heavy atom. The highest BCUT2D eigenvalue weighted by Gasteiger charge is 2.36. The molecule has 4 rings (SSSR count). The van der Waals surface area contributed by atoms with Crippen LogP contribution in [0.3, 0.4) is 0 Å². The standard InChI is InChI=1S/C23H19F3N4O4/c1-34-11-3-9-29-21(32)16-6-4-14(12-17(16)22(29)33)20(31)28-18-13-15(23(24,25)26)5-7-19(18)30-10-2-8-27-30/h2,4-8,10,12-13H,3,9,11H2,1H3,(H,28,31). The van der Waals surface area contributed by atoms with Gasteiger partial charge in [-0.2, -0.15) is 18.3 Å². The van der Waals surface area contributed by atoms with Crippen molar-refractivity contribution in [3.05, 3.63) is 77.1 Å². The second kappa shape index (κ2) is 9.10. The molecule has 3 amide bonds. The molecule has 3 aromatic rings. The van der Waals surface area contributed by atoms with Gasteiger partial charge in [0.05, 0.1) is 28.1 Å². The van der Waals surface area contributed by atoms with Gasteiger partial charge in [0, 0.05) is 38.2 Å². The third kappa shape index (κ3) is 4.42. The second-order valence-electron chi connectivity index (χ2n) is 7.50. The number of carbonyl (C=O) groups excluding carboxylic acids is 3. The van der Waals surface area contributed by atoms with Crippen molar-refractivity contribution in [1.82, 2.24) is 14.7 Å². The van der Waals surface area contributed by atoms with E-state index in [0.29, 0.717) is 13.0 Å². The molecule has 2 aromatic carbocycles. The molecule has 176 valence electrons. The number of nitrogens with zero attached hydrogens (tertiary/aromatic N) is 3. The minimum Gasteiger partial charge on any atom is -0.385 e. The van der Waals surface area contributed by atoms with Gasteiger partial charge in [-0.1, -0.05) is 0 Å². The van der Waals surface area contributed by atoms with Crippen LogP contribution in [0.15, 0.2) is 54.9 Å². The molecular formula is C23H19F3N4O4. The molecule has 1 aliphatic rings. The van der Waals surface area contributed by atoms with Gasteiger partial charge in [0.1, 0.15) is 0 Å². The van der Waals surface area contributed by atoms with E-state index in [0.717, 1.165) is 17.0 Å². The van der Waals surface area contributed by atoms with E-state index in [1.54, 1.807) is 6.07 Å². The van der Waals surface area contributed by atoms with Gasteiger partial charge in [0.15, 0.2) is 0 Å². The summed E-state index contributed by atoms with van der Waals surface area (Å²) in [5, 5.41) is 6.48. The molecule has 1 N–H and O–H groups in total. The zero-order chi connectivity index (χ0) is 24.5. The molecular weight excluding hydrogens is 453 g/mol. The SMILES string of the molecule is COCCCN1C(=O)c2ccc(C(=O)Nc3cc(C(F)(F)F)ccc3-n3cccn3)cc2C1=O. The van der Waals surface area contributed by atoms with Crippen LogP contribution in [0.4, 0.5) is 18.9 Å². The minimum atomic E-state index is -4.62. The summed E-state index contributed by atoms with van der Waals surface area (Å²) in [6.07, 6.45) is -1.18. The van der Waals surface area contributed by atoms with E-state index in [4.69, 9.17) is 4.74 Å². The van der Waals surface area contributed by atoms with Crippen molar-refractivity contribution in [3.63, 3.8) is 0 Å². The topological polar surface area (TPSA) is 93.5 Å². The van der Waals surface area contributed by atoms with E-state index in [9.17, 15) is 27.6 Å². The van der Waals surface area contributed by atoms with E-state index in [-0.39, 0.29) is 34.6 Å². The molecule has 11 heteroatoms. The van der Waals surface area contributed by atoms with Crippen molar-refractivity contribution in [2.75, 3.05) is 25.6 Å². The maximum Gasteiger partial charge on any atom is 0.416 e. The molecule has 0 atom stereocenters. The Labute approximate surface area is 191 Å². The third-order valence-corrected chi connectivity index (χ3v) is 5.29. The van der Waals surface area contributed by atoms with Gasteiger partial charge < -0.3 is 10.1 Å². The predicted molar refractivity (Wildman–Crippen MR) is 115 cm³/mol. The number of hydrogen-bond acceptors (Lipinski definition) is 5. The summed E-state index contributed by atoms with van der Waals surface area (Å²) in [6.45, 7) is 0.538. The Bertz CT molecular complexity index is 1260. The van der Waals surface area contributed by atoms with Crippen molar-refractivity contribution in [1.29, 1.82) is 0 Å². The quantitative estimate of drug-likeness (QED) is 0.417. The number of methoxy groups -OCH3 is 1. The van der Waals surface area contributed by atoms with Crippen LogP contribution < -0.4 is 5.32 Å². The first-order valence-corrected chi connectivity index (χ1v) is 10.2. The molecule has 2 heterocycles. The van der Waals surface area contributed by atoms with Gasteiger partial charge >= 0.3 is 6.18 Å². The number of benzene rings is 2. The lowest BCUT2D eigenvalue weighted by molar-refractivity contribution is -0.137. The second-order valence-corrected chi connectivity index (χ2v) is 7.50. The summed E-state index contributed by atoms with van der Waals surface area (Å²) in [6, 6.07) is 8.47. The zero-order valence-electron chi connectivity index (χ0n) is 17.9. The van der Waals surface area contributed by atoms with E-state index in [1.165, 1.54) is 48.5 Å². The molecule has 0 radical (unpaired) electrons. The highest BCUT2D eigenvalue weighted by molar-refractivity contribution is 6.22. The van der Waals surface area contributed by atoms with Gasteiger partial charge in [-0.15, -0.1) is 0 Å². The van der Waals surface area contributed by atoms with Crippen LogP contribution in [0.5, 0.6) is 0 Å². The number of aromatic nitrogens is 2. The van der Waals surface area contributed by atoms with E-state index < -0.39 is 29.5 Å². The summed E-state index contributed by atoms with van der Waals surface area (Å²) in [5.41, 5.74) is -0.597. The number of alkyl halides is 3. The number of imide groups is 1. The fourth-order valence-electron chi connectivity index (χ4n) is 3.62. The Balaban J connectivity index is 1.62. The largest absolute Gasteiger partial charge is 0.416 e. The van der Waals surface area contributed by atoms with Gasteiger partial charge in [-0.25, -0.2) is 4.68 Å². The molecule has 0 bridgehead atoms. The molecule has 1 aromatic heterocycles. The number of carbonyl (C=O) groups is 3. The van der Waals surface area contributed by atoms with Crippen LogP contribution in [-0.4, -0.2) is 52.7 Å². The van der Waals surface area contributed by atoms with E-state index >= 15 is 0 Å². The third-order valence-electron chi connectivity index (χ3n) is 5.29. The molecule has 1 aliphatic heterocycles. The molecule has 0 aliphatic carbocycles. The number of rotatable bonds is 7. The zero-order valence-corrected chi connectivity index (χ0v) is 17.9. The average molecular weight is 472 g/mol. The van der Waals surface area contributed by atoms with Crippen molar-refractivity contribution in [3.8, 4) is 5.69 Å². The smallest absolute Gasteiger partial charge is 0.385 e. The molecule has 0 fully saturated rings. The number of halogens is 3. The normalized spacial score (nSPS) is 13.4. The molecule has 34 heavy (non-hydrogen) atoms. The van der Waals surface area contributed by atoms with E-state index in [2.05, 4.69) is 10.4 Å². The van der Waals surface area contributed by atoms with Gasteiger partial charge in [-0.05, 0) is 48.9 Å². The van der Waals surface area contributed by atoms with Crippen molar-refractivity contribution >= 4 is 23.4 Å². The lowest BCUT2D eigenvalue weighted by Gasteiger charge is -2.15. The summed E-state index contributed by atoms with van der Waals surface area (Å²) < 4.78 is 46.1. The van der Waals surface area contributed by atoms with E-state index in [1.807, 2.05) is 0 Å². The van der Waals surface area contributed by atoms with Crippen LogP contribution >= 0.6 is 0 Å². The predicted octanol–water partition coefficient (Wildman–Crippen LogP) is 3.78. The maximum absolute atomic E-state index is 13.3. The number of fused-ring (bicyclic) bond motifs is 1. The number of nitrogens with one attached hydrogen (secondary N) is 1. The first-order chi connectivity index (χ1) is 16.2. The molecule has 8 nitrogen and oxygen atoms in total. The fraction of sp³-hybridized carbons (Fsp3) is 0.217. The summed E-state index contributed by atoms with van der Waals surface area (Å²) in [7, 11) is 1.51. The lowest BCUT2D eigenvalue weighted by atomic mass is 10.0. The summed E-state index contributed by atoms with van der Waals surface area (Å²) in [4.78, 5) is 39.2.